The molecule has 1 N–H and O–H groups in total. The third-order valence-corrected chi connectivity index (χ3v) is 2.35. The number of alkyl halides is 3. The van der Waals surface area contributed by atoms with Gasteiger partial charge >= 0.3 is 12.3 Å². The second-order valence-electron chi connectivity index (χ2n) is 5.72. The van der Waals surface area contributed by atoms with E-state index in [0.717, 1.165) is 12.1 Å². The molecule has 0 aromatic rings. The monoisotopic (exact) mass is 313 g/mol. The first-order valence-corrected chi connectivity index (χ1v) is 6.27. The Morgan fingerprint density at radius 3 is 2.05 bits per heavy atom. The van der Waals surface area contributed by atoms with Crippen molar-refractivity contribution in [1.82, 2.24) is 15.3 Å². The lowest BCUT2D eigenvalue weighted by Crippen LogP contribution is -2.50. The highest BCUT2D eigenvalue weighted by Gasteiger charge is 2.33. The second kappa shape index (κ2) is 6.97. The summed E-state index contributed by atoms with van der Waals surface area (Å²) in [4.78, 5) is 23.4. The highest BCUT2D eigenvalue weighted by Crippen LogP contribution is 2.16. The molecular formula is C12H22F3N3O3. The van der Waals surface area contributed by atoms with Crippen LogP contribution in [0.5, 0.6) is 0 Å². The van der Waals surface area contributed by atoms with Crippen molar-refractivity contribution in [2.24, 2.45) is 0 Å². The number of likely N-dealkylation sites (N-methyl/N-ethyl adjacent to an activating group) is 1. The van der Waals surface area contributed by atoms with E-state index in [1.165, 1.54) is 14.0 Å². The highest BCUT2D eigenvalue weighted by atomic mass is 19.4. The van der Waals surface area contributed by atoms with Gasteiger partial charge in [0.05, 0.1) is 0 Å². The molecule has 0 radical (unpaired) electrons. The number of halogens is 3. The first-order chi connectivity index (χ1) is 9.23. The lowest BCUT2D eigenvalue weighted by Gasteiger charge is -2.31. The van der Waals surface area contributed by atoms with Crippen molar-refractivity contribution in [3.05, 3.63) is 0 Å². The normalized spacial score (nSPS) is 13.8. The molecule has 0 saturated carbocycles. The van der Waals surface area contributed by atoms with Gasteiger partial charge in [0, 0.05) is 19.6 Å². The summed E-state index contributed by atoms with van der Waals surface area (Å²) < 4.78 is 41.6. The number of hydrogen-bond acceptors (Lipinski definition) is 4. The number of alkyl carbamates (subject to hydrolysis) is 1. The molecule has 0 rings (SSSR count). The van der Waals surface area contributed by atoms with Crippen LogP contribution in [0.15, 0.2) is 0 Å². The number of nitrogens with zero attached hydrogens (tertiary/aromatic N) is 2. The molecule has 0 spiro atoms. The molecule has 0 heterocycles. The highest BCUT2D eigenvalue weighted by molar-refractivity contribution is 5.82. The van der Waals surface area contributed by atoms with E-state index in [1.54, 1.807) is 20.8 Å². The van der Waals surface area contributed by atoms with Gasteiger partial charge < -0.3 is 10.1 Å². The fourth-order valence-corrected chi connectivity index (χ4v) is 1.34. The van der Waals surface area contributed by atoms with Crippen molar-refractivity contribution in [2.45, 2.75) is 45.5 Å². The van der Waals surface area contributed by atoms with Crippen LogP contribution in [0.3, 0.4) is 0 Å². The summed E-state index contributed by atoms with van der Waals surface area (Å²) in [6, 6.07) is 0. The lowest BCUT2D eigenvalue weighted by molar-refractivity contribution is -0.182. The van der Waals surface area contributed by atoms with Crippen LogP contribution in [0.25, 0.3) is 0 Å². The van der Waals surface area contributed by atoms with E-state index >= 15 is 0 Å². The summed E-state index contributed by atoms with van der Waals surface area (Å²) in [7, 11) is 2.29. The van der Waals surface area contributed by atoms with E-state index in [0.29, 0.717) is 5.01 Å². The molecule has 0 unspecified atom stereocenters. The van der Waals surface area contributed by atoms with Gasteiger partial charge in [-0.15, -0.1) is 0 Å². The topological polar surface area (TPSA) is 61.9 Å². The van der Waals surface area contributed by atoms with Crippen molar-refractivity contribution in [3.63, 3.8) is 0 Å². The summed E-state index contributed by atoms with van der Waals surface area (Å²) >= 11 is 0. The predicted octanol–water partition coefficient (Wildman–Crippen LogP) is 1.77. The fraction of sp³-hybridized carbons (Fsp3) is 0.833. The average Bonchev–Trinajstić information content (AvgIpc) is 2.21. The number of hydrogen-bond donors (Lipinski definition) is 1. The van der Waals surface area contributed by atoms with Crippen molar-refractivity contribution in [2.75, 3.05) is 20.6 Å². The maximum absolute atomic E-state index is 12.3. The molecule has 21 heavy (non-hydrogen) atoms. The Labute approximate surface area is 122 Å². The van der Waals surface area contributed by atoms with Crippen LogP contribution in [0.4, 0.5) is 18.0 Å². The Bertz CT molecular complexity index is 380. The zero-order valence-corrected chi connectivity index (χ0v) is 13.0. The third-order valence-electron chi connectivity index (χ3n) is 2.35. The Balaban J connectivity index is 4.53. The van der Waals surface area contributed by atoms with E-state index in [9.17, 15) is 22.8 Å². The van der Waals surface area contributed by atoms with E-state index in [1.807, 2.05) is 0 Å². The van der Waals surface area contributed by atoms with E-state index in [-0.39, 0.29) is 0 Å². The maximum atomic E-state index is 12.3. The maximum Gasteiger partial charge on any atom is 0.408 e. The molecule has 0 aliphatic rings. The molecule has 0 bridgehead atoms. The minimum absolute atomic E-state index is 0.543. The van der Waals surface area contributed by atoms with Gasteiger partial charge in [-0.25, -0.2) is 9.80 Å². The number of ether oxygens (including phenoxy) is 1. The second-order valence-corrected chi connectivity index (χ2v) is 5.72. The molecule has 0 fully saturated rings. The molecule has 1 atom stereocenters. The quantitative estimate of drug-likeness (QED) is 0.804. The standard InChI is InChI=1S/C12H22F3N3O3/c1-8(21-10(20)16-11(2,3)4)9(19)18(6)17(5)7-12(13,14)15/h8H,7H2,1-6H3,(H,16,20)/t8-/m1/s1. The zero-order valence-electron chi connectivity index (χ0n) is 13.0. The Morgan fingerprint density at radius 1 is 1.19 bits per heavy atom. The predicted molar refractivity (Wildman–Crippen MR) is 70.3 cm³/mol. The molecule has 9 heteroatoms. The van der Waals surface area contributed by atoms with Crippen molar-refractivity contribution in [1.29, 1.82) is 0 Å². The Morgan fingerprint density at radius 2 is 1.67 bits per heavy atom. The number of nitrogens with one attached hydrogen (secondary N) is 1. The first-order valence-electron chi connectivity index (χ1n) is 6.27. The molecule has 0 aromatic carbocycles. The van der Waals surface area contributed by atoms with Gasteiger partial charge in [-0.2, -0.15) is 13.2 Å². The van der Waals surface area contributed by atoms with Gasteiger partial charge in [0.15, 0.2) is 6.10 Å². The van der Waals surface area contributed by atoms with Gasteiger partial charge in [-0.05, 0) is 27.7 Å². The first kappa shape index (κ1) is 19.5. The molecule has 6 nitrogen and oxygen atoms in total. The molecule has 2 amide bonds. The van der Waals surface area contributed by atoms with Gasteiger partial charge in [-0.1, -0.05) is 0 Å². The van der Waals surface area contributed by atoms with Crippen molar-refractivity contribution < 1.29 is 27.5 Å². The SMILES string of the molecule is C[C@@H](OC(=O)NC(C)(C)C)C(=O)N(C)N(C)CC(F)(F)F. The van der Waals surface area contributed by atoms with Crippen LogP contribution >= 0.6 is 0 Å². The van der Waals surface area contributed by atoms with Crippen molar-refractivity contribution >= 4 is 12.0 Å². The molecule has 0 aliphatic carbocycles. The number of hydrazine groups is 1. The molecule has 0 aromatic heterocycles. The summed E-state index contributed by atoms with van der Waals surface area (Å²) in [6.45, 7) is 5.19. The van der Waals surface area contributed by atoms with E-state index < -0.39 is 36.4 Å². The minimum atomic E-state index is -4.43. The minimum Gasteiger partial charge on any atom is -0.436 e. The molecule has 124 valence electrons. The smallest absolute Gasteiger partial charge is 0.408 e. The number of carbonyl (C=O) groups is 2. The van der Waals surface area contributed by atoms with Gasteiger partial charge in [-0.3, -0.25) is 9.80 Å². The van der Waals surface area contributed by atoms with Crippen LogP contribution in [0.2, 0.25) is 0 Å². The number of carbonyl (C=O) groups excluding carboxylic acids is 2. The summed E-state index contributed by atoms with van der Waals surface area (Å²) in [5.41, 5.74) is -0.543. The zero-order chi connectivity index (χ0) is 17.0. The van der Waals surface area contributed by atoms with Crippen LogP contribution in [0.1, 0.15) is 27.7 Å². The van der Waals surface area contributed by atoms with Gasteiger partial charge in [0.2, 0.25) is 0 Å². The van der Waals surface area contributed by atoms with Crippen LogP contribution < -0.4 is 5.32 Å². The van der Waals surface area contributed by atoms with Crippen LogP contribution in [0, 0.1) is 0 Å². The Kier molecular flexibility index (Phi) is 6.47. The fourth-order valence-electron chi connectivity index (χ4n) is 1.34. The van der Waals surface area contributed by atoms with Crippen LogP contribution in [-0.4, -0.2) is 60.5 Å². The van der Waals surface area contributed by atoms with E-state index in [2.05, 4.69) is 5.32 Å². The largest absolute Gasteiger partial charge is 0.436 e. The number of rotatable bonds is 4. The average molecular weight is 313 g/mol. The third kappa shape index (κ3) is 8.38. The number of amides is 2. The Hall–Kier alpha value is -1.51. The summed E-state index contributed by atoms with van der Waals surface area (Å²) in [5.74, 6) is -0.759. The molecule has 0 aliphatic heterocycles. The van der Waals surface area contributed by atoms with Crippen LogP contribution in [-0.2, 0) is 9.53 Å². The van der Waals surface area contributed by atoms with E-state index in [4.69, 9.17) is 4.74 Å². The lowest BCUT2D eigenvalue weighted by atomic mass is 10.1. The molecular weight excluding hydrogens is 291 g/mol. The molecule has 0 saturated heterocycles. The summed E-state index contributed by atoms with van der Waals surface area (Å²) in [6.07, 6.45) is -6.44. The van der Waals surface area contributed by atoms with Crippen molar-refractivity contribution in [3.8, 4) is 0 Å². The van der Waals surface area contributed by atoms with Gasteiger partial charge in [0.25, 0.3) is 5.91 Å². The summed E-state index contributed by atoms with van der Waals surface area (Å²) in [5, 5.41) is 3.95. The van der Waals surface area contributed by atoms with Gasteiger partial charge in [0.1, 0.15) is 6.54 Å².